The van der Waals surface area contributed by atoms with E-state index in [0.29, 0.717) is 31.3 Å². The van der Waals surface area contributed by atoms with Crippen LogP contribution in [0.5, 0.6) is 0 Å². The molecule has 0 aliphatic carbocycles. The first kappa shape index (κ1) is 14.3. The van der Waals surface area contributed by atoms with Crippen molar-refractivity contribution in [2.24, 2.45) is 0 Å². The second-order valence-corrected chi connectivity index (χ2v) is 5.33. The summed E-state index contributed by atoms with van der Waals surface area (Å²) < 4.78 is 5.60. The van der Waals surface area contributed by atoms with Gasteiger partial charge in [-0.1, -0.05) is 0 Å². The van der Waals surface area contributed by atoms with Crippen molar-refractivity contribution in [3.63, 3.8) is 0 Å². The summed E-state index contributed by atoms with van der Waals surface area (Å²) in [6.07, 6.45) is 6.74. The molecule has 0 spiro atoms. The van der Waals surface area contributed by atoms with Crippen LogP contribution in [0.4, 0.5) is 5.95 Å². The molecule has 0 radical (unpaired) electrons. The zero-order valence-electron chi connectivity index (χ0n) is 12.7. The number of amides is 1. The molecule has 24 heavy (non-hydrogen) atoms. The third-order valence-corrected chi connectivity index (χ3v) is 3.68. The van der Waals surface area contributed by atoms with Gasteiger partial charge in [0.15, 0.2) is 0 Å². The SMILES string of the molecule is O=C(NCc1ccncc1)c1nc2c(o1)CN(c1ncccn1)C2. The average Bonchev–Trinajstić information content (AvgIpc) is 3.20. The van der Waals surface area contributed by atoms with E-state index in [1.54, 1.807) is 30.9 Å². The fraction of sp³-hybridized carbons (Fsp3) is 0.188. The number of oxazole rings is 1. The number of carbonyl (C=O) groups is 1. The highest BCUT2D eigenvalue weighted by Gasteiger charge is 2.28. The summed E-state index contributed by atoms with van der Waals surface area (Å²) >= 11 is 0. The van der Waals surface area contributed by atoms with Crippen LogP contribution in [0.1, 0.15) is 27.7 Å². The topological polar surface area (TPSA) is 97.0 Å². The number of fused-ring (bicyclic) bond motifs is 1. The molecule has 0 unspecified atom stereocenters. The molecule has 4 heterocycles. The largest absolute Gasteiger partial charge is 0.435 e. The summed E-state index contributed by atoms with van der Waals surface area (Å²) in [7, 11) is 0. The van der Waals surface area contributed by atoms with Gasteiger partial charge in [0.05, 0.1) is 13.1 Å². The number of hydrogen-bond acceptors (Lipinski definition) is 7. The Morgan fingerprint density at radius 1 is 1.17 bits per heavy atom. The summed E-state index contributed by atoms with van der Waals surface area (Å²) in [5.74, 6) is 1.05. The Balaban J connectivity index is 1.41. The van der Waals surface area contributed by atoms with Gasteiger partial charge in [-0.3, -0.25) is 9.78 Å². The zero-order valence-corrected chi connectivity index (χ0v) is 12.7. The van der Waals surface area contributed by atoms with Crippen molar-refractivity contribution in [2.75, 3.05) is 4.90 Å². The molecule has 0 aromatic carbocycles. The molecule has 8 heteroatoms. The van der Waals surface area contributed by atoms with Crippen LogP contribution in [0, 0.1) is 0 Å². The maximum atomic E-state index is 12.2. The average molecular weight is 322 g/mol. The quantitative estimate of drug-likeness (QED) is 0.773. The lowest BCUT2D eigenvalue weighted by molar-refractivity contribution is 0.0914. The number of nitrogens with zero attached hydrogens (tertiary/aromatic N) is 5. The molecule has 0 saturated carbocycles. The summed E-state index contributed by atoms with van der Waals surface area (Å²) in [5, 5.41) is 2.79. The van der Waals surface area contributed by atoms with Gasteiger partial charge in [0.25, 0.3) is 5.89 Å². The highest BCUT2D eigenvalue weighted by atomic mass is 16.4. The lowest BCUT2D eigenvalue weighted by atomic mass is 10.3. The Morgan fingerprint density at radius 3 is 2.71 bits per heavy atom. The van der Waals surface area contributed by atoms with E-state index < -0.39 is 0 Å². The first-order chi connectivity index (χ1) is 11.8. The first-order valence-electron chi connectivity index (χ1n) is 7.47. The van der Waals surface area contributed by atoms with Crippen molar-refractivity contribution < 1.29 is 9.21 Å². The lowest BCUT2D eigenvalue weighted by Gasteiger charge is -2.13. The van der Waals surface area contributed by atoms with E-state index in [2.05, 4.69) is 25.3 Å². The smallest absolute Gasteiger partial charge is 0.307 e. The molecule has 3 aromatic heterocycles. The van der Waals surface area contributed by atoms with Gasteiger partial charge in [0.1, 0.15) is 11.5 Å². The van der Waals surface area contributed by atoms with E-state index in [0.717, 1.165) is 11.3 Å². The standard InChI is InChI=1S/C16H14N6O2/c23-14(20-8-11-2-6-17-7-3-11)15-21-12-9-22(10-13(12)24-15)16-18-4-1-5-19-16/h1-7H,8-10H2,(H,20,23). The fourth-order valence-corrected chi connectivity index (χ4v) is 2.49. The summed E-state index contributed by atoms with van der Waals surface area (Å²) in [5.41, 5.74) is 1.71. The zero-order chi connectivity index (χ0) is 16.4. The van der Waals surface area contributed by atoms with Gasteiger partial charge in [-0.15, -0.1) is 0 Å². The molecule has 0 bridgehead atoms. The molecule has 120 valence electrons. The Kier molecular flexibility index (Phi) is 3.62. The number of hydrogen-bond donors (Lipinski definition) is 1. The van der Waals surface area contributed by atoms with Crippen LogP contribution in [-0.4, -0.2) is 25.8 Å². The number of anilines is 1. The van der Waals surface area contributed by atoms with Gasteiger partial charge >= 0.3 is 5.91 Å². The van der Waals surface area contributed by atoms with Crippen LogP contribution >= 0.6 is 0 Å². The second kappa shape index (κ2) is 6.07. The van der Waals surface area contributed by atoms with Crippen LogP contribution in [-0.2, 0) is 19.6 Å². The Labute approximate surface area is 137 Å². The molecule has 8 nitrogen and oxygen atoms in total. The monoisotopic (exact) mass is 322 g/mol. The fourth-order valence-electron chi connectivity index (χ4n) is 2.49. The number of pyridine rings is 1. The number of nitrogens with one attached hydrogen (secondary N) is 1. The van der Waals surface area contributed by atoms with E-state index in [4.69, 9.17) is 4.42 Å². The molecule has 0 atom stereocenters. The van der Waals surface area contributed by atoms with Crippen molar-refractivity contribution in [3.8, 4) is 0 Å². The van der Waals surface area contributed by atoms with Crippen LogP contribution < -0.4 is 10.2 Å². The van der Waals surface area contributed by atoms with E-state index in [1.807, 2.05) is 17.0 Å². The second-order valence-electron chi connectivity index (χ2n) is 5.33. The Bertz CT molecular complexity index is 826. The summed E-state index contributed by atoms with van der Waals surface area (Å²) in [6, 6.07) is 5.45. The number of aromatic nitrogens is 4. The first-order valence-corrected chi connectivity index (χ1v) is 7.47. The van der Waals surface area contributed by atoms with Crippen molar-refractivity contribution in [1.82, 2.24) is 25.3 Å². The van der Waals surface area contributed by atoms with E-state index in [9.17, 15) is 4.79 Å². The molecule has 1 amide bonds. The van der Waals surface area contributed by atoms with Crippen molar-refractivity contribution in [3.05, 3.63) is 65.9 Å². The van der Waals surface area contributed by atoms with Gasteiger partial charge in [-0.2, -0.15) is 0 Å². The third-order valence-electron chi connectivity index (χ3n) is 3.68. The molecule has 1 aliphatic rings. The molecule has 1 aliphatic heterocycles. The normalized spacial score (nSPS) is 12.9. The van der Waals surface area contributed by atoms with Crippen LogP contribution in [0.3, 0.4) is 0 Å². The molecule has 0 fully saturated rings. The van der Waals surface area contributed by atoms with Crippen LogP contribution in [0.2, 0.25) is 0 Å². The number of rotatable bonds is 4. The lowest BCUT2D eigenvalue weighted by Crippen LogP contribution is -2.24. The maximum Gasteiger partial charge on any atom is 0.307 e. The minimum absolute atomic E-state index is 0.0858. The van der Waals surface area contributed by atoms with Crippen molar-refractivity contribution >= 4 is 11.9 Å². The molecular weight excluding hydrogens is 308 g/mol. The minimum Gasteiger partial charge on any atom is -0.435 e. The highest BCUT2D eigenvalue weighted by Crippen LogP contribution is 2.26. The Morgan fingerprint density at radius 2 is 1.96 bits per heavy atom. The van der Waals surface area contributed by atoms with Crippen molar-refractivity contribution in [1.29, 1.82) is 0 Å². The summed E-state index contributed by atoms with van der Waals surface area (Å²) in [6.45, 7) is 1.43. The molecule has 1 N–H and O–H groups in total. The molecule has 0 saturated heterocycles. The maximum absolute atomic E-state index is 12.2. The third kappa shape index (κ3) is 2.81. The van der Waals surface area contributed by atoms with E-state index >= 15 is 0 Å². The summed E-state index contributed by atoms with van der Waals surface area (Å²) in [4.78, 5) is 30.7. The van der Waals surface area contributed by atoms with Crippen LogP contribution in [0.15, 0.2) is 47.4 Å². The van der Waals surface area contributed by atoms with Gasteiger partial charge in [-0.05, 0) is 23.8 Å². The highest BCUT2D eigenvalue weighted by molar-refractivity contribution is 5.89. The van der Waals surface area contributed by atoms with Gasteiger partial charge < -0.3 is 14.6 Å². The molecule has 3 aromatic rings. The molecule has 4 rings (SSSR count). The molecular formula is C16H14N6O2. The van der Waals surface area contributed by atoms with Gasteiger partial charge in [0.2, 0.25) is 5.95 Å². The van der Waals surface area contributed by atoms with Crippen LogP contribution in [0.25, 0.3) is 0 Å². The van der Waals surface area contributed by atoms with Crippen molar-refractivity contribution in [2.45, 2.75) is 19.6 Å². The van der Waals surface area contributed by atoms with Gasteiger partial charge in [0, 0.05) is 31.3 Å². The van der Waals surface area contributed by atoms with Gasteiger partial charge in [-0.25, -0.2) is 15.0 Å². The Hall–Kier alpha value is -3.29. The minimum atomic E-state index is -0.330. The predicted molar refractivity (Wildman–Crippen MR) is 83.8 cm³/mol. The number of carbonyl (C=O) groups excluding carboxylic acids is 1. The predicted octanol–water partition coefficient (Wildman–Crippen LogP) is 1.31. The van der Waals surface area contributed by atoms with E-state index in [-0.39, 0.29) is 11.8 Å². The van der Waals surface area contributed by atoms with E-state index in [1.165, 1.54) is 0 Å².